The van der Waals surface area contributed by atoms with Crippen LogP contribution in [0.2, 0.25) is 0 Å². The number of aromatic nitrogens is 2. The van der Waals surface area contributed by atoms with Crippen molar-refractivity contribution in [3.05, 3.63) is 24.4 Å². The quantitative estimate of drug-likeness (QED) is 0.703. The van der Waals surface area contributed by atoms with E-state index in [0.717, 1.165) is 16.2 Å². The fraction of sp³-hybridized carbons (Fsp3) is 0.222. The van der Waals surface area contributed by atoms with Gasteiger partial charge in [0, 0.05) is 10.7 Å². The summed E-state index contributed by atoms with van der Waals surface area (Å²) >= 11 is 0. The summed E-state index contributed by atoms with van der Waals surface area (Å²) in [6, 6.07) is 5.73. The van der Waals surface area contributed by atoms with Gasteiger partial charge in [-0.1, -0.05) is 12.1 Å². The van der Waals surface area contributed by atoms with Gasteiger partial charge in [-0.2, -0.15) is 5.10 Å². The van der Waals surface area contributed by atoms with Gasteiger partial charge in [-0.3, -0.25) is 5.10 Å². The molecule has 2 aromatic rings. The first-order valence-electron chi connectivity index (χ1n) is 4.07. The van der Waals surface area contributed by atoms with E-state index in [0.29, 0.717) is 0 Å². The maximum absolute atomic E-state index is 11.9. The molecule has 0 aliphatic carbocycles. The van der Waals surface area contributed by atoms with Crippen LogP contribution in [-0.2, 0) is 4.57 Å². The summed E-state index contributed by atoms with van der Waals surface area (Å²) in [4.78, 5) is 0. The minimum atomic E-state index is -2.19. The lowest BCUT2D eigenvalue weighted by Crippen LogP contribution is -2.02. The molecule has 1 aromatic carbocycles. The molecule has 4 heteroatoms. The Kier molecular flexibility index (Phi) is 1.77. The summed E-state index contributed by atoms with van der Waals surface area (Å²) in [6.45, 7) is 3.55. The molecule has 0 unspecified atom stereocenters. The van der Waals surface area contributed by atoms with Gasteiger partial charge in [0.1, 0.15) is 7.14 Å². The number of benzene rings is 1. The SMILES string of the molecule is CP(C)(=O)c1cccc2[nH]ncc12. The Labute approximate surface area is 76.5 Å². The Morgan fingerprint density at radius 2 is 2.15 bits per heavy atom. The van der Waals surface area contributed by atoms with Crippen LogP contribution in [0.1, 0.15) is 0 Å². The van der Waals surface area contributed by atoms with Crippen LogP contribution < -0.4 is 5.30 Å². The average Bonchev–Trinajstić information content (AvgIpc) is 2.48. The smallest absolute Gasteiger partial charge is 0.110 e. The highest BCUT2D eigenvalue weighted by Gasteiger charge is 2.14. The van der Waals surface area contributed by atoms with Crippen LogP contribution >= 0.6 is 7.14 Å². The van der Waals surface area contributed by atoms with Gasteiger partial charge >= 0.3 is 0 Å². The van der Waals surface area contributed by atoms with Crippen molar-refractivity contribution in [2.24, 2.45) is 0 Å². The Hall–Kier alpha value is -1.08. The first-order valence-corrected chi connectivity index (χ1v) is 6.67. The van der Waals surface area contributed by atoms with Gasteiger partial charge in [-0.25, -0.2) is 0 Å². The third-order valence-corrected chi connectivity index (χ3v) is 3.59. The molecule has 0 bridgehead atoms. The molecule has 0 fully saturated rings. The minimum Gasteiger partial charge on any atom is -0.319 e. The topological polar surface area (TPSA) is 45.8 Å². The first kappa shape index (κ1) is 8.52. The van der Waals surface area contributed by atoms with Crippen LogP contribution in [-0.4, -0.2) is 23.5 Å². The lowest BCUT2D eigenvalue weighted by Gasteiger charge is -2.06. The van der Waals surface area contributed by atoms with Gasteiger partial charge in [0.25, 0.3) is 0 Å². The zero-order chi connectivity index (χ0) is 9.47. The third kappa shape index (κ3) is 1.40. The van der Waals surface area contributed by atoms with E-state index in [1.807, 2.05) is 18.2 Å². The third-order valence-electron chi connectivity index (χ3n) is 2.04. The molecule has 0 aliphatic heterocycles. The molecule has 13 heavy (non-hydrogen) atoms. The summed E-state index contributed by atoms with van der Waals surface area (Å²) in [5.74, 6) is 0. The van der Waals surface area contributed by atoms with E-state index in [2.05, 4.69) is 10.2 Å². The number of hydrogen-bond donors (Lipinski definition) is 1. The van der Waals surface area contributed by atoms with Crippen molar-refractivity contribution >= 4 is 23.3 Å². The van der Waals surface area contributed by atoms with Crippen molar-refractivity contribution in [3.63, 3.8) is 0 Å². The molecule has 2 rings (SSSR count). The van der Waals surface area contributed by atoms with E-state index in [9.17, 15) is 4.57 Å². The number of rotatable bonds is 1. The maximum atomic E-state index is 11.9. The Morgan fingerprint density at radius 3 is 2.85 bits per heavy atom. The number of H-pyrrole nitrogens is 1. The molecule has 0 spiro atoms. The molecule has 1 N–H and O–H groups in total. The van der Waals surface area contributed by atoms with Crippen LogP contribution in [0.3, 0.4) is 0 Å². The molecule has 68 valence electrons. The molecule has 0 amide bonds. The second kappa shape index (κ2) is 2.71. The monoisotopic (exact) mass is 194 g/mol. The van der Waals surface area contributed by atoms with E-state index >= 15 is 0 Å². The van der Waals surface area contributed by atoms with Crippen molar-refractivity contribution in [2.45, 2.75) is 0 Å². The van der Waals surface area contributed by atoms with Crippen molar-refractivity contribution < 1.29 is 4.57 Å². The zero-order valence-electron chi connectivity index (χ0n) is 7.61. The van der Waals surface area contributed by atoms with E-state index < -0.39 is 7.14 Å². The summed E-state index contributed by atoms with van der Waals surface area (Å²) in [6.07, 6.45) is 1.73. The molecule has 0 saturated carbocycles. The maximum Gasteiger partial charge on any atom is 0.110 e. The molecule has 0 saturated heterocycles. The lowest BCUT2D eigenvalue weighted by molar-refractivity contribution is 0.588. The highest BCUT2D eigenvalue weighted by Crippen LogP contribution is 2.36. The molecule has 1 heterocycles. The van der Waals surface area contributed by atoms with Crippen LogP contribution in [0.4, 0.5) is 0 Å². The van der Waals surface area contributed by atoms with E-state index in [1.54, 1.807) is 19.5 Å². The Morgan fingerprint density at radius 1 is 1.38 bits per heavy atom. The van der Waals surface area contributed by atoms with Crippen molar-refractivity contribution in [3.8, 4) is 0 Å². The summed E-state index contributed by atoms with van der Waals surface area (Å²) in [5.41, 5.74) is 0.946. The van der Waals surface area contributed by atoms with Gasteiger partial charge in [-0.15, -0.1) is 0 Å². The van der Waals surface area contributed by atoms with Gasteiger partial charge in [0.2, 0.25) is 0 Å². The van der Waals surface area contributed by atoms with Crippen LogP contribution in [0.15, 0.2) is 24.4 Å². The second-order valence-electron chi connectivity index (χ2n) is 3.46. The second-order valence-corrected chi connectivity index (χ2v) is 6.64. The highest BCUT2D eigenvalue weighted by molar-refractivity contribution is 7.70. The Bertz CT molecular complexity index is 483. The normalized spacial score (nSPS) is 12.2. The number of hydrogen-bond acceptors (Lipinski definition) is 2. The molecular formula is C9H11N2OP. The van der Waals surface area contributed by atoms with Gasteiger partial charge in [-0.05, 0) is 19.4 Å². The predicted molar refractivity (Wildman–Crippen MR) is 55.2 cm³/mol. The van der Waals surface area contributed by atoms with E-state index in [4.69, 9.17) is 0 Å². The standard InChI is InChI=1S/C9H11N2OP/c1-13(2,12)9-5-3-4-8-7(9)6-10-11-8/h3-6H,1-2H3,(H,10,11). The molecule has 3 nitrogen and oxygen atoms in total. The van der Waals surface area contributed by atoms with Crippen LogP contribution in [0.25, 0.3) is 10.9 Å². The average molecular weight is 194 g/mol. The molecule has 0 aliphatic rings. The van der Waals surface area contributed by atoms with Gasteiger partial charge in [0.15, 0.2) is 0 Å². The molecule has 0 radical (unpaired) electrons. The van der Waals surface area contributed by atoms with Gasteiger partial charge in [0.05, 0.1) is 11.7 Å². The number of nitrogens with one attached hydrogen (secondary N) is 1. The van der Waals surface area contributed by atoms with Gasteiger partial charge < -0.3 is 4.57 Å². The molecular weight excluding hydrogens is 183 g/mol. The number of aromatic amines is 1. The van der Waals surface area contributed by atoms with E-state index in [1.165, 1.54) is 0 Å². The first-order chi connectivity index (χ1) is 6.09. The summed E-state index contributed by atoms with van der Waals surface area (Å²) < 4.78 is 11.9. The minimum absolute atomic E-state index is 0.902. The fourth-order valence-electron chi connectivity index (χ4n) is 1.42. The van der Waals surface area contributed by atoms with E-state index in [-0.39, 0.29) is 0 Å². The van der Waals surface area contributed by atoms with Crippen LogP contribution in [0, 0.1) is 0 Å². The predicted octanol–water partition coefficient (Wildman–Crippen LogP) is 1.81. The largest absolute Gasteiger partial charge is 0.319 e. The summed E-state index contributed by atoms with van der Waals surface area (Å²) in [5, 5.41) is 8.66. The fourth-order valence-corrected chi connectivity index (χ4v) is 2.63. The highest BCUT2D eigenvalue weighted by atomic mass is 31.2. The number of fused-ring (bicyclic) bond motifs is 1. The van der Waals surface area contributed by atoms with Crippen molar-refractivity contribution in [2.75, 3.05) is 13.3 Å². The molecule has 0 atom stereocenters. The number of nitrogens with zero attached hydrogens (tertiary/aromatic N) is 1. The zero-order valence-corrected chi connectivity index (χ0v) is 8.51. The lowest BCUT2D eigenvalue weighted by atomic mass is 10.3. The molecule has 1 aromatic heterocycles. The summed E-state index contributed by atoms with van der Waals surface area (Å²) in [7, 11) is -2.19. The van der Waals surface area contributed by atoms with Crippen molar-refractivity contribution in [1.29, 1.82) is 0 Å². The van der Waals surface area contributed by atoms with Crippen LogP contribution in [0.5, 0.6) is 0 Å². The van der Waals surface area contributed by atoms with Crippen molar-refractivity contribution in [1.82, 2.24) is 10.2 Å². The Balaban J connectivity index is 2.83.